The third kappa shape index (κ3) is 2.59. The second-order valence-electron chi connectivity index (χ2n) is 5.34. The normalized spacial score (nSPS) is 24.9. The Morgan fingerprint density at radius 3 is 2.35 bits per heavy atom. The highest BCUT2D eigenvalue weighted by Gasteiger charge is 2.23. The van der Waals surface area contributed by atoms with Gasteiger partial charge >= 0.3 is 0 Å². The van der Waals surface area contributed by atoms with E-state index in [0.717, 1.165) is 29.4 Å². The number of anilines is 1. The molecule has 2 rings (SSSR count). The van der Waals surface area contributed by atoms with E-state index in [9.17, 15) is 0 Å². The third-order valence-electron chi connectivity index (χ3n) is 4.00. The number of nitrogens with zero attached hydrogens (tertiary/aromatic N) is 2. The van der Waals surface area contributed by atoms with Crippen LogP contribution in [0.15, 0.2) is 0 Å². The minimum absolute atomic E-state index is 0.526. The van der Waals surface area contributed by atoms with Crippen LogP contribution in [0.25, 0.3) is 0 Å². The average Bonchev–Trinajstić information content (AvgIpc) is 2.29. The van der Waals surface area contributed by atoms with Crippen LogP contribution in [0.4, 0.5) is 5.82 Å². The van der Waals surface area contributed by atoms with E-state index >= 15 is 0 Å². The largest absolute Gasteiger partial charge is 0.383 e. The summed E-state index contributed by atoms with van der Waals surface area (Å²) in [5.41, 5.74) is 8.19. The van der Waals surface area contributed by atoms with Crippen LogP contribution in [0.5, 0.6) is 0 Å². The predicted molar refractivity (Wildman–Crippen MR) is 70.9 cm³/mol. The van der Waals surface area contributed by atoms with Gasteiger partial charge in [0.1, 0.15) is 11.6 Å². The van der Waals surface area contributed by atoms with Crippen LogP contribution in [0.2, 0.25) is 0 Å². The molecule has 1 saturated carbocycles. The number of hydrogen-bond donors (Lipinski definition) is 1. The van der Waals surface area contributed by atoms with Crippen molar-refractivity contribution < 1.29 is 0 Å². The maximum absolute atomic E-state index is 6.02. The van der Waals surface area contributed by atoms with E-state index in [2.05, 4.69) is 23.8 Å². The van der Waals surface area contributed by atoms with Crippen molar-refractivity contribution in [3.8, 4) is 0 Å². The minimum Gasteiger partial charge on any atom is -0.383 e. The van der Waals surface area contributed by atoms with Crippen molar-refractivity contribution in [3.63, 3.8) is 0 Å². The highest BCUT2D eigenvalue weighted by molar-refractivity contribution is 5.42. The Labute approximate surface area is 104 Å². The van der Waals surface area contributed by atoms with Gasteiger partial charge in [0.25, 0.3) is 0 Å². The maximum atomic E-state index is 6.02. The summed E-state index contributed by atoms with van der Waals surface area (Å²) in [4.78, 5) is 9.18. The molecule has 0 bridgehead atoms. The summed E-state index contributed by atoms with van der Waals surface area (Å²) >= 11 is 0. The molecule has 3 heteroatoms. The Bertz CT molecular complexity index is 369. The predicted octanol–water partition coefficient (Wildman–Crippen LogP) is 3.22. The smallest absolute Gasteiger partial charge is 0.134 e. The summed E-state index contributed by atoms with van der Waals surface area (Å²) < 4.78 is 0. The molecule has 1 aliphatic rings. The molecule has 0 atom stereocenters. The SMILES string of the molecule is CCc1c(C)nc(C2CCC(C)CC2)nc1N. The first-order valence-electron chi connectivity index (χ1n) is 6.74. The Morgan fingerprint density at radius 1 is 1.18 bits per heavy atom. The van der Waals surface area contributed by atoms with E-state index in [1.54, 1.807) is 0 Å². The molecule has 1 aliphatic carbocycles. The zero-order chi connectivity index (χ0) is 12.4. The summed E-state index contributed by atoms with van der Waals surface area (Å²) in [5, 5.41) is 0. The standard InChI is InChI=1S/C14H23N3/c1-4-12-10(3)16-14(17-13(12)15)11-7-5-9(2)6-8-11/h9,11H,4-8H2,1-3H3,(H2,15,16,17). The van der Waals surface area contributed by atoms with Crippen molar-refractivity contribution in [1.29, 1.82) is 0 Å². The number of nitrogens with two attached hydrogens (primary N) is 1. The van der Waals surface area contributed by atoms with Gasteiger partial charge in [0.2, 0.25) is 0 Å². The van der Waals surface area contributed by atoms with Crippen LogP contribution >= 0.6 is 0 Å². The molecule has 94 valence electrons. The van der Waals surface area contributed by atoms with Gasteiger partial charge in [-0.25, -0.2) is 9.97 Å². The van der Waals surface area contributed by atoms with Crippen LogP contribution in [0.1, 0.15) is 62.5 Å². The molecule has 0 radical (unpaired) electrons. The van der Waals surface area contributed by atoms with Crippen molar-refractivity contribution in [2.75, 3.05) is 5.73 Å². The van der Waals surface area contributed by atoms with Gasteiger partial charge in [-0.3, -0.25) is 0 Å². The topological polar surface area (TPSA) is 51.8 Å². The number of aromatic nitrogens is 2. The van der Waals surface area contributed by atoms with Gasteiger partial charge in [0.15, 0.2) is 0 Å². The molecule has 0 unspecified atom stereocenters. The Hall–Kier alpha value is -1.12. The van der Waals surface area contributed by atoms with Gasteiger partial charge in [-0.05, 0) is 32.1 Å². The monoisotopic (exact) mass is 233 g/mol. The van der Waals surface area contributed by atoms with Crippen LogP contribution in [0, 0.1) is 12.8 Å². The summed E-state index contributed by atoms with van der Waals surface area (Å²) in [5.74, 6) is 3.05. The molecule has 1 fully saturated rings. The summed E-state index contributed by atoms with van der Waals surface area (Å²) in [6.07, 6.45) is 5.93. The van der Waals surface area contributed by atoms with E-state index in [4.69, 9.17) is 5.73 Å². The van der Waals surface area contributed by atoms with E-state index < -0.39 is 0 Å². The lowest BCUT2D eigenvalue weighted by Gasteiger charge is -2.25. The van der Waals surface area contributed by atoms with Crippen LogP contribution in [-0.4, -0.2) is 9.97 Å². The van der Waals surface area contributed by atoms with E-state index in [0.29, 0.717) is 11.7 Å². The van der Waals surface area contributed by atoms with Crippen LogP contribution in [-0.2, 0) is 6.42 Å². The average molecular weight is 233 g/mol. The van der Waals surface area contributed by atoms with Crippen molar-refractivity contribution in [2.45, 2.75) is 58.8 Å². The lowest BCUT2D eigenvalue weighted by atomic mass is 9.82. The number of rotatable bonds is 2. The van der Waals surface area contributed by atoms with Gasteiger partial charge in [-0.2, -0.15) is 0 Å². The van der Waals surface area contributed by atoms with Crippen LogP contribution < -0.4 is 5.73 Å². The molecule has 0 saturated heterocycles. The Morgan fingerprint density at radius 2 is 1.82 bits per heavy atom. The molecule has 2 N–H and O–H groups in total. The summed E-state index contributed by atoms with van der Waals surface area (Å²) in [6, 6.07) is 0. The molecule has 0 spiro atoms. The summed E-state index contributed by atoms with van der Waals surface area (Å²) in [7, 11) is 0. The molecule has 1 heterocycles. The quantitative estimate of drug-likeness (QED) is 0.853. The second kappa shape index (κ2) is 5.03. The van der Waals surface area contributed by atoms with Gasteiger partial charge < -0.3 is 5.73 Å². The van der Waals surface area contributed by atoms with Gasteiger partial charge in [0.05, 0.1) is 0 Å². The molecular formula is C14H23N3. The van der Waals surface area contributed by atoms with Crippen LogP contribution in [0.3, 0.4) is 0 Å². The lowest BCUT2D eigenvalue weighted by molar-refractivity contribution is 0.339. The highest BCUT2D eigenvalue weighted by Crippen LogP contribution is 2.34. The molecule has 0 aliphatic heterocycles. The van der Waals surface area contributed by atoms with Gasteiger partial charge in [-0.1, -0.05) is 26.7 Å². The van der Waals surface area contributed by atoms with E-state index in [1.165, 1.54) is 25.7 Å². The second-order valence-corrected chi connectivity index (χ2v) is 5.34. The molecule has 1 aromatic rings. The van der Waals surface area contributed by atoms with Crippen molar-refractivity contribution in [1.82, 2.24) is 9.97 Å². The number of hydrogen-bond acceptors (Lipinski definition) is 3. The fourth-order valence-corrected chi connectivity index (χ4v) is 2.78. The van der Waals surface area contributed by atoms with Crippen molar-refractivity contribution in [2.24, 2.45) is 5.92 Å². The van der Waals surface area contributed by atoms with Crippen molar-refractivity contribution in [3.05, 3.63) is 17.1 Å². The third-order valence-corrected chi connectivity index (χ3v) is 4.00. The highest BCUT2D eigenvalue weighted by atomic mass is 15.0. The van der Waals surface area contributed by atoms with Crippen molar-refractivity contribution >= 4 is 5.82 Å². The maximum Gasteiger partial charge on any atom is 0.134 e. The fourth-order valence-electron chi connectivity index (χ4n) is 2.78. The molecule has 17 heavy (non-hydrogen) atoms. The molecular weight excluding hydrogens is 210 g/mol. The zero-order valence-corrected chi connectivity index (χ0v) is 11.2. The number of nitrogen functional groups attached to an aromatic ring is 1. The number of aryl methyl sites for hydroxylation is 1. The van der Waals surface area contributed by atoms with Gasteiger partial charge in [0, 0.05) is 17.2 Å². The fraction of sp³-hybridized carbons (Fsp3) is 0.714. The molecule has 0 amide bonds. The van der Waals surface area contributed by atoms with Gasteiger partial charge in [-0.15, -0.1) is 0 Å². The Balaban J connectivity index is 2.22. The first kappa shape index (κ1) is 12.3. The first-order chi connectivity index (χ1) is 8.11. The molecule has 0 aromatic carbocycles. The molecule has 1 aromatic heterocycles. The lowest BCUT2D eigenvalue weighted by Crippen LogP contribution is -2.16. The summed E-state index contributed by atoms with van der Waals surface area (Å²) in [6.45, 7) is 6.48. The Kier molecular flexibility index (Phi) is 3.65. The minimum atomic E-state index is 0.526. The zero-order valence-electron chi connectivity index (χ0n) is 11.2. The van der Waals surface area contributed by atoms with E-state index in [1.807, 2.05) is 6.92 Å². The molecule has 3 nitrogen and oxygen atoms in total. The van der Waals surface area contributed by atoms with E-state index in [-0.39, 0.29) is 0 Å². The first-order valence-corrected chi connectivity index (χ1v) is 6.74.